The standard InChI is InChI=1S/C19H18FNO3/c1-13-6-8-15(9-7-13)10-11-18(22)24-14(2)19(23)21-17-5-3-4-16(20)12-17/h3-12,14H,1-2H3,(H,21,23)/b11-10+/t14-/m1/s1. The van der Waals surface area contributed by atoms with Crippen molar-refractivity contribution in [1.29, 1.82) is 0 Å². The Balaban J connectivity index is 1.88. The van der Waals surface area contributed by atoms with Crippen molar-refractivity contribution in [2.45, 2.75) is 20.0 Å². The molecule has 24 heavy (non-hydrogen) atoms. The average molecular weight is 327 g/mol. The van der Waals surface area contributed by atoms with Crippen LogP contribution < -0.4 is 5.32 Å². The van der Waals surface area contributed by atoms with Crippen LogP contribution in [-0.2, 0) is 14.3 Å². The fourth-order valence-electron chi connectivity index (χ4n) is 1.92. The Kier molecular flexibility index (Phi) is 5.84. The number of ether oxygens (including phenoxy) is 1. The van der Waals surface area contributed by atoms with E-state index in [4.69, 9.17) is 4.74 Å². The number of benzene rings is 2. The molecule has 1 atom stereocenters. The summed E-state index contributed by atoms with van der Waals surface area (Å²) in [6, 6.07) is 13.1. The molecule has 4 nitrogen and oxygen atoms in total. The first kappa shape index (κ1) is 17.4. The molecule has 0 fully saturated rings. The van der Waals surface area contributed by atoms with Crippen LogP contribution in [0, 0.1) is 12.7 Å². The Morgan fingerprint density at radius 1 is 1.17 bits per heavy atom. The Morgan fingerprint density at radius 3 is 2.54 bits per heavy atom. The summed E-state index contributed by atoms with van der Waals surface area (Å²) in [5, 5.41) is 2.49. The second-order valence-corrected chi connectivity index (χ2v) is 5.32. The number of halogens is 1. The van der Waals surface area contributed by atoms with E-state index in [2.05, 4.69) is 5.32 Å². The number of esters is 1. The molecule has 2 aromatic rings. The number of carbonyl (C=O) groups is 2. The van der Waals surface area contributed by atoms with Crippen LogP contribution in [0.3, 0.4) is 0 Å². The number of rotatable bonds is 5. The Morgan fingerprint density at radius 2 is 1.88 bits per heavy atom. The minimum Gasteiger partial charge on any atom is -0.449 e. The fraction of sp³-hybridized carbons (Fsp3) is 0.158. The SMILES string of the molecule is Cc1ccc(/C=C/C(=O)O[C@H](C)C(=O)Nc2cccc(F)c2)cc1. The molecule has 124 valence electrons. The highest BCUT2D eigenvalue weighted by Crippen LogP contribution is 2.10. The van der Waals surface area contributed by atoms with Crippen LogP contribution in [0.25, 0.3) is 6.08 Å². The van der Waals surface area contributed by atoms with Gasteiger partial charge in [0.2, 0.25) is 0 Å². The van der Waals surface area contributed by atoms with Crippen molar-refractivity contribution < 1.29 is 18.7 Å². The molecule has 2 aromatic carbocycles. The van der Waals surface area contributed by atoms with Crippen LogP contribution >= 0.6 is 0 Å². The molecule has 1 amide bonds. The second kappa shape index (κ2) is 8.06. The van der Waals surface area contributed by atoms with Gasteiger partial charge in [0.25, 0.3) is 5.91 Å². The highest BCUT2D eigenvalue weighted by atomic mass is 19.1. The summed E-state index contributed by atoms with van der Waals surface area (Å²) in [6.07, 6.45) is 1.87. The lowest BCUT2D eigenvalue weighted by atomic mass is 10.1. The summed E-state index contributed by atoms with van der Waals surface area (Å²) in [7, 11) is 0. The molecule has 0 aromatic heterocycles. The van der Waals surface area contributed by atoms with Gasteiger partial charge in [-0.25, -0.2) is 9.18 Å². The predicted molar refractivity (Wildman–Crippen MR) is 90.8 cm³/mol. The zero-order chi connectivity index (χ0) is 17.5. The van der Waals surface area contributed by atoms with Crippen LogP contribution in [-0.4, -0.2) is 18.0 Å². The minimum absolute atomic E-state index is 0.304. The first-order chi connectivity index (χ1) is 11.4. The Hall–Kier alpha value is -2.95. The molecule has 2 rings (SSSR count). The highest BCUT2D eigenvalue weighted by molar-refractivity contribution is 5.96. The van der Waals surface area contributed by atoms with Gasteiger partial charge in [-0.2, -0.15) is 0 Å². The maximum atomic E-state index is 13.1. The Labute approximate surface area is 140 Å². The molecule has 5 heteroatoms. The van der Waals surface area contributed by atoms with Crippen LogP contribution in [0.2, 0.25) is 0 Å². The van der Waals surface area contributed by atoms with E-state index in [9.17, 15) is 14.0 Å². The predicted octanol–water partition coefficient (Wildman–Crippen LogP) is 3.72. The molecule has 0 aliphatic heterocycles. The summed E-state index contributed by atoms with van der Waals surface area (Å²) in [5.41, 5.74) is 2.28. The van der Waals surface area contributed by atoms with Gasteiger partial charge in [-0.3, -0.25) is 4.79 Å². The number of carbonyl (C=O) groups excluding carboxylic acids is 2. The van der Waals surface area contributed by atoms with Crippen molar-refractivity contribution in [2.24, 2.45) is 0 Å². The maximum Gasteiger partial charge on any atom is 0.331 e. The zero-order valence-electron chi connectivity index (χ0n) is 13.5. The molecular formula is C19H18FNO3. The third-order valence-corrected chi connectivity index (χ3v) is 3.24. The van der Waals surface area contributed by atoms with Crippen LogP contribution in [0.4, 0.5) is 10.1 Å². The summed E-state index contributed by atoms with van der Waals surface area (Å²) in [4.78, 5) is 23.7. The maximum absolute atomic E-state index is 13.1. The third kappa shape index (κ3) is 5.35. The van der Waals surface area contributed by atoms with E-state index in [-0.39, 0.29) is 0 Å². The average Bonchev–Trinajstić information content (AvgIpc) is 2.54. The largest absolute Gasteiger partial charge is 0.449 e. The summed E-state index contributed by atoms with van der Waals surface area (Å²) in [5.74, 6) is -1.62. The van der Waals surface area contributed by atoms with E-state index >= 15 is 0 Å². The lowest BCUT2D eigenvalue weighted by molar-refractivity contribution is -0.148. The number of nitrogens with one attached hydrogen (secondary N) is 1. The summed E-state index contributed by atoms with van der Waals surface area (Å²) < 4.78 is 18.1. The van der Waals surface area contributed by atoms with E-state index in [1.807, 2.05) is 31.2 Å². The lowest BCUT2D eigenvalue weighted by Gasteiger charge is -2.12. The van der Waals surface area contributed by atoms with E-state index in [1.54, 1.807) is 12.1 Å². The topological polar surface area (TPSA) is 55.4 Å². The van der Waals surface area contributed by atoms with Crippen molar-refractivity contribution in [1.82, 2.24) is 0 Å². The minimum atomic E-state index is -0.997. The fourth-order valence-corrected chi connectivity index (χ4v) is 1.92. The molecule has 0 bridgehead atoms. The monoisotopic (exact) mass is 327 g/mol. The van der Waals surface area contributed by atoms with Crippen LogP contribution in [0.1, 0.15) is 18.1 Å². The van der Waals surface area contributed by atoms with Gasteiger partial charge in [-0.1, -0.05) is 35.9 Å². The van der Waals surface area contributed by atoms with Gasteiger partial charge < -0.3 is 10.1 Å². The molecule has 0 radical (unpaired) electrons. The number of aryl methyl sites for hydroxylation is 1. The number of anilines is 1. The normalized spacial score (nSPS) is 12.0. The molecular weight excluding hydrogens is 309 g/mol. The summed E-state index contributed by atoms with van der Waals surface area (Å²) >= 11 is 0. The van der Waals surface area contributed by atoms with Crippen molar-refractivity contribution >= 4 is 23.6 Å². The number of hydrogen-bond acceptors (Lipinski definition) is 3. The van der Waals surface area contributed by atoms with E-state index in [1.165, 1.54) is 31.2 Å². The smallest absolute Gasteiger partial charge is 0.331 e. The van der Waals surface area contributed by atoms with Gasteiger partial charge in [-0.05, 0) is 43.7 Å². The van der Waals surface area contributed by atoms with E-state index < -0.39 is 23.8 Å². The molecule has 0 saturated heterocycles. The van der Waals surface area contributed by atoms with E-state index in [0.717, 1.165) is 11.1 Å². The highest BCUT2D eigenvalue weighted by Gasteiger charge is 2.16. The van der Waals surface area contributed by atoms with Gasteiger partial charge in [0.05, 0.1) is 0 Å². The quantitative estimate of drug-likeness (QED) is 0.673. The molecule has 0 aliphatic rings. The molecule has 0 aliphatic carbocycles. The molecule has 0 unspecified atom stereocenters. The van der Waals surface area contributed by atoms with Gasteiger partial charge in [0.15, 0.2) is 6.10 Å². The third-order valence-electron chi connectivity index (χ3n) is 3.24. The summed E-state index contributed by atoms with van der Waals surface area (Å²) in [6.45, 7) is 3.42. The molecule has 0 heterocycles. The molecule has 1 N–H and O–H groups in total. The van der Waals surface area contributed by atoms with Gasteiger partial charge >= 0.3 is 5.97 Å². The van der Waals surface area contributed by atoms with Crippen molar-refractivity contribution in [3.8, 4) is 0 Å². The zero-order valence-corrected chi connectivity index (χ0v) is 13.5. The van der Waals surface area contributed by atoms with E-state index in [0.29, 0.717) is 5.69 Å². The van der Waals surface area contributed by atoms with Gasteiger partial charge in [0, 0.05) is 11.8 Å². The van der Waals surface area contributed by atoms with Crippen LogP contribution in [0.15, 0.2) is 54.6 Å². The first-order valence-corrected chi connectivity index (χ1v) is 7.46. The molecule has 0 spiro atoms. The Bertz CT molecular complexity index is 753. The van der Waals surface area contributed by atoms with Crippen molar-refractivity contribution in [2.75, 3.05) is 5.32 Å². The van der Waals surface area contributed by atoms with Crippen molar-refractivity contribution in [3.63, 3.8) is 0 Å². The van der Waals surface area contributed by atoms with Crippen LogP contribution in [0.5, 0.6) is 0 Å². The lowest BCUT2D eigenvalue weighted by Crippen LogP contribution is -2.29. The number of hydrogen-bond donors (Lipinski definition) is 1. The second-order valence-electron chi connectivity index (χ2n) is 5.32. The van der Waals surface area contributed by atoms with Gasteiger partial charge in [0.1, 0.15) is 5.82 Å². The molecule has 0 saturated carbocycles. The first-order valence-electron chi connectivity index (χ1n) is 7.46. The number of amides is 1. The van der Waals surface area contributed by atoms with Gasteiger partial charge in [-0.15, -0.1) is 0 Å². The van der Waals surface area contributed by atoms with Crippen molar-refractivity contribution in [3.05, 3.63) is 71.6 Å².